The molecule has 1 aromatic carbocycles. The standard InChI is InChI=1S/C27H38O8/c1-7-22-23(9-8-16-31-22)35-27(4,25(28)30-6)24(15-14-21-18-33-26(2,3)34-21)32-17-19-10-12-20(29-5)13-11-19/h7,10-15,21-24H,1,8-9,16-18H2,2-6H3/b15-14+/t21-,22+,23-,24+,27-/m0/s1. The van der Waals surface area contributed by atoms with Gasteiger partial charge in [0.2, 0.25) is 0 Å². The van der Waals surface area contributed by atoms with Gasteiger partial charge in [0.1, 0.15) is 24.1 Å². The Kier molecular flexibility index (Phi) is 9.49. The van der Waals surface area contributed by atoms with E-state index in [-0.39, 0.29) is 24.9 Å². The molecule has 3 rings (SSSR count). The fourth-order valence-corrected chi connectivity index (χ4v) is 4.21. The molecule has 1 aromatic rings. The van der Waals surface area contributed by atoms with Crippen LogP contribution in [0.25, 0.3) is 0 Å². The molecule has 0 aromatic heterocycles. The van der Waals surface area contributed by atoms with Crippen LogP contribution in [0, 0.1) is 0 Å². The highest BCUT2D eigenvalue weighted by molar-refractivity contribution is 5.80. The highest BCUT2D eigenvalue weighted by atomic mass is 16.7. The number of esters is 1. The Morgan fingerprint density at radius 2 is 2.03 bits per heavy atom. The average Bonchev–Trinajstić information content (AvgIpc) is 3.22. The normalized spacial score (nSPS) is 26.7. The molecule has 8 heteroatoms. The first-order valence-corrected chi connectivity index (χ1v) is 12.0. The third-order valence-corrected chi connectivity index (χ3v) is 6.19. The fourth-order valence-electron chi connectivity index (χ4n) is 4.21. The predicted octanol–water partition coefficient (Wildman–Crippen LogP) is 3.97. The summed E-state index contributed by atoms with van der Waals surface area (Å²) in [4.78, 5) is 13.1. The number of carbonyl (C=O) groups excluding carboxylic acids is 1. The third kappa shape index (κ3) is 7.15. The number of benzene rings is 1. The quantitative estimate of drug-likeness (QED) is 0.341. The van der Waals surface area contributed by atoms with Crippen LogP contribution in [0.15, 0.2) is 49.1 Å². The Morgan fingerprint density at radius 3 is 2.63 bits per heavy atom. The van der Waals surface area contributed by atoms with E-state index in [0.717, 1.165) is 24.2 Å². The predicted molar refractivity (Wildman–Crippen MR) is 130 cm³/mol. The van der Waals surface area contributed by atoms with E-state index < -0.39 is 23.5 Å². The Labute approximate surface area is 208 Å². The van der Waals surface area contributed by atoms with Gasteiger partial charge in [-0.05, 0) is 51.3 Å². The monoisotopic (exact) mass is 490 g/mol. The Morgan fingerprint density at radius 1 is 1.29 bits per heavy atom. The first-order chi connectivity index (χ1) is 16.7. The smallest absolute Gasteiger partial charge is 0.340 e. The molecule has 2 fully saturated rings. The largest absolute Gasteiger partial charge is 0.497 e. The summed E-state index contributed by atoms with van der Waals surface area (Å²) in [5, 5.41) is 0. The van der Waals surface area contributed by atoms with Crippen LogP contribution in [0.2, 0.25) is 0 Å². The number of carbonyl (C=O) groups is 1. The summed E-state index contributed by atoms with van der Waals surface area (Å²) in [6, 6.07) is 7.54. The average molecular weight is 491 g/mol. The van der Waals surface area contributed by atoms with Crippen molar-refractivity contribution in [2.75, 3.05) is 27.4 Å². The molecule has 0 unspecified atom stereocenters. The molecule has 194 valence electrons. The lowest BCUT2D eigenvalue weighted by Crippen LogP contribution is -2.54. The van der Waals surface area contributed by atoms with E-state index in [0.29, 0.717) is 13.2 Å². The van der Waals surface area contributed by atoms with Gasteiger partial charge in [-0.3, -0.25) is 0 Å². The Balaban J connectivity index is 1.86. The van der Waals surface area contributed by atoms with Crippen LogP contribution >= 0.6 is 0 Å². The molecule has 0 spiro atoms. The molecule has 0 radical (unpaired) electrons. The second-order valence-corrected chi connectivity index (χ2v) is 9.30. The summed E-state index contributed by atoms with van der Waals surface area (Å²) in [5.41, 5.74) is -0.526. The summed E-state index contributed by atoms with van der Waals surface area (Å²) in [6.45, 7) is 10.5. The Bertz CT molecular complexity index is 864. The third-order valence-electron chi connectivity index (χ3n) is 6.19. The number of hydrogen-bond donors (Lipinski definition) is 0. The molecule has 2 aliphatic heterocycles. The molecule has 0 amide bonds. The number of rotatable bonds is 11. The summed E-state index contributed by atoms with van der Waals surface area (Å²) in [5.74, 6) is -0.464. The van der Waals surface area contributed by atoms with Crippen LogP contribution in [-0.2, 0) is 39.8 Å². The van der Waals surface area contributed by atoms with Crippen molar-refractivity contribution in [3.63, 3.8) is 0 Å². The van der Waals surface area contributed by atoms with Crippen molar-refractivity contribution in [2.45, 2.75) is 76.0 Å². The molecular weight excluding hydrogens is 452 g/mol. The van der Waals surface area contributed by atoms with Gasteiger partial charge in [-0.1, -0.05) is 30.4 Å². The van der Waals surface area contributed by atoms with E-state index in [2.05, 4.69) is 6.58 Å². The van der Waals surface area contributed by atoms with E-state index >= 15 is 0 Å². The van der Waals surface area contributed by atoms with E-state index in [1.807, 2.05) is 44.2 Å². The van der Waals surface area contributed by atoms with Crippen molar-refractivity contribution in [1.29, 1.82) is 0 Å². The first-order valence-electron chi connectivity index (χ1n) is 12.0. The molecule has 0 aliphatic carbocycles. The summed E-state index contributed by atoms with van der Waals surface area (Å²) in [7, 11) is 2.96. The van der Waals surface area contributed by atoms with Crippen molar-refractivity contribution in [1.82, 2.24) is 0 Å². The summed E-state index contributed by atoms with van der Waals surface area (Å²) < 4.78 is 40.5. The van der Waals surface area contributed by atoms with Crippen LogP contribution in [0.3, 0.4) is 0 Å². The molecule has 5 atom stereocenters. The fraction of sp³-hybridized carbons (Fsp3) is 0.593. The molecule has 8 nitrogen and oxygen atoms in total. The van der Waals surface area contributed by atoms with Crippen LogP contribution in [0.4, 0.5) is 0 Å². The van der Waals surface area contributed by atoms with Gasteiger partial charge in [0.25, 0.3) is 0 Å². The molecule has 2 saturated heterocycles. The zero-order valence-electron chi connectivity index (χ0n) is 21.4. The van der Waals surface area contributed by atoms with E-state index in [1.165, 1.54) is 7.11 Å². The van der Waals surface area contributed by atoms with Gasteiger partial charge in [-0.15, -0.1) is 6.58 Å². The lowest BCUT2D eigenvalue weighted by molar-refractivity contribution is -0.211. The minimum atomic E-state index is -1.45. The van der Waals surface area contributed by atoms with Crippen LogP contribution in [0.1, 0.15) is 39.2 Å². The van der Waals surface area contributed by atoms with Gasteiger partial charge in [0.15, 0.2) is 11.4 Å². The van der Waals surface area contributed by atoms with E-state index in [9.17, 15) is 4.79 Å². The molecule has 35 heavy (non-hydrogen) atoms. The zero-order valence-corrected chi connectivity index (χ0v) is 21.4. The maximum absolute atomic E-state index is 13.1. The van der Waals surface area contributed by atoms with Crippen molar-refractivity contribution in [2.24, 2.45) is 0 Å². The van der Waals surface area contributed by atoms with Crippen LogP contribution in [0.5, 0.6) is 5.75 Å². The second-order valence-electron chi connectivity index (χ2n) is 9.30. The molecule has 0 N–H and O–H groups in total. The SMILES string of the molecule is C=C[C@H]1OCCC[C@@H]1O[C@](C)(C(=O)OC)[C@@H](/C=C/[C@H]1COC(C)(C)O1)OCc1ccc(OC)cc1. The molecule has 0 saturated carbocycles. The lowest BCUT2D eigenvalue weighted by Gasteiger charge is -2.39. The second kappa shape index (κ2) is 12.1. The number of hydrogen-bond acceptors (Lipinski definition) is 8. The van der Waals surface area contributed by atoms with Gasteiger partial charge in [0, 0.05) is 6.61 Å². The summed E-state index contributed by atoms with van der Waals surface area (Å²) >= 11 is 0. The van der Waals surface area contributed by atoms with Crippen LogP contribution in [-0.4, -0.2) is 69.2 Å². The number of ether oxygens (including phenoxy) is 7. The van der Waals surface area contributed by atoms with E-state index in [1.54, 1.807) is 26.2 Å². The van der Waals surface area contributed by atoms with Gasteiger partial charge < -0.3 is 33.2 Å². The zero-order chi connectivity index (χ0) is 25.5. The lowest BCUT2D eigenvalue weighted by atomic mass is 9.95. The molecular formula is C27H38O8. The van der Waals surface area contributed by atoms with Crippen molar-refractivity contribution < 1.29 is 38.0 Å². The minimum absolute atomic E-state index is 0.245. The minimum Gasteiger partial charge on any atom is -0.497 e. The van der Waals surface area contributed by atoms with Gasteiger partial charge in [0.05, 0.1) is 33.5 Å². The Hall–Kier alpha value is -2.23. The van der Waals surface area contributed by atoms with Crippen molar-refractivity contribution in [3.8, 4) is 5.75 Å². The molecule has 2 aliphatic rings. The highest BCUT2D eigenvalue weighted by Crippen LogP contribution is 2.31. The maximum atomic E-state index is 13.1. The van der Waals surface area contributed by atoms with Crippen LogP contribution < -0.4 is 4.74 Å². The topological polar surface area (TPSA) is 81.7 Å². The van der Waals surface area contributed by atoms with Crippen molar-refractivity contribution >= 4 is 5.97 Å². The first kappa shape index (κ1) is 27.4. The van der Waals surface area contributed by atoms with Gasteiger partial charge in [-0.2, -0.15) is 0 Å². The molecule has 2 heterocycles. The maximum Gasteiger partial charge on any atom is 0.340 e. The highest BCUT2D eigenvalue weighted by Gasteiger charge is 2.47. The number of methoxy groups -OCH3 is 2. The van der Waals surface area contributed by atoms with Gasteiger partial charge in [-0.25, -0.2) is 4.79 Å². The van der Waals surface area contributed by atoms with Crippen molar-refractivity contribution in [3.05, 3.63) is 54.6 Å². The summed E-state index contributed by atoms with van der Waals surface area (Å²) in [6.07, 6.45) is 5.14. The molecule has 0 bridgehead atoms. The van der Waals surface area contributed by atoms with Gasteiger partial charge >= 0.3 is 5.97 Å². The van der Waals surface area contributed by atoms with E-state index in [4.69, 9.17) is 33.2 Å².